The number of hydrogen-bond acceptors (Lipinski definition) is 5. The van der Waals surface area contributed by atoms with E-state index in [0.717, 1.165) is 12.1 Å². The highest BCUT2D eigenvalue weighted by Gasteiger charge is 2.23. The molecule has 24 heavy (non-hydrogen) atoms. The fraction of sp³-hybridized carbons (Fsp3) is 0.133. The Morgan fingerprint density at radius 3 is 2.42 bits per heavy atom. The highest BCUT2D eigenvalue weighted by atomic mass is 32.2. The Kier molecular flexibility index (Phi) is 4.36. The molecule has 0 amide bonds. The van der Waals surface area contributed by atoms with Gasteiger partial charge in [0.2, 0.25) is 10.0 Å². The van der Waals surface area contributed by atoms with Crippen LogP contribution in [0.15, 0.2) is 59.5 Å². The monoisotopic (exact) mass is 347 g/mol. The lowest BCUT2D eigenvalue weighted by molar-refractivity contribution is 0.554. The average molecular weight is 347 g/mol. The molecule has 7 nitrogen and oxygen atoms in total. The van der Waals surface area contributed by atoms with Gasteiger partial charge in [-0.2, -0.15) is 4.68 Å². The molecule has 2 aromatic carbocycles. The predicted molar refractivity (Wildman–Crippen MR) is 84.3 cm³/mol. The Hall–Kier alpha value is -2.65. The van der Waals surface area contributed by atoms with Crippen LogP contribution in [0.5, 0.6) is 0 Å². The van der Waals surface area contributed by atoms with Crippen molar-refractivity contribution in [3.63, 3.8) is 0 Å². The lowest BCUT2D eigenvalue weighted by Crippen LogP contribution is -2.29. The van der Waals surface area contributed by atoms with E-state index in [4.69, 9.17) is 0 Å². The van der Waals surface area contributed by atoms with Crippen LogP contribution in [0.1, 0.15) is 18.8 Å². The maximum absolute atomic E-state index is 13.0. The average Bonchev–Trinajstić information content (AvgIpc) is 3.05. The number of para-hydroxylation sites is 1. The summed E-state index contributed by atoms with van der Waals surface area (Å²) in [6.07, 6.45) is 0. The smallest absolute Gasteiger partial charge is 0.207 e. The molecule has 0 aliphatic heterocycles. The van der Waals surface area contributed by atoms with Gasteiger partial charge in [-0.25, -0.2) is 17.5 Å². The number of nitrogens with zero attached hydrogens (tertiary/aromatic N) is 4. The first kappa shape index (κ1) is 16.2. The van der Waals surface area contributed by atoms with Crippen LogP contribution in [-0.2, 0) is 10.0 Å². The van der Waals surface area contributed by atoms with Crippen LogP contribution in [-0.4, -0.2) is 28.6 Å². The van der Waals surface area contributed by atoms with Gasteiger partial charge in [-0.15, -0.1) is 5.10 Å². The van der Waals surface area contributed by atoms with E-state index < -0.39 is 21.9 Å². The highest BCUT2D eigenvalue weighted by molar-refractivity contribution is 7.89. The van der Waals surface area contributed by atoms with Gasteiger partial charge in [0, 0.05) is 0 Å². The number of rotatable bonds is 5. The number of halogens is 1. The van der Waals surface area contributed by atoms with Gasteiger partial charge in [0.05, 0.1) is 16.6 Å². The number of sulfonamides is 1. The van der Waals surface area contributed by atoms with Crippen LogP contribution >= 0.6 is 0 Å². The summed E-state index contributed by atoms with van der Waals surface area (Å²) in [5.74, 6) is -0.165. The van der Waals surface area contributed by atoms with Gasteiger partial charge >= 0.3 is 0 Å². The summed E-state index contributed by atoms with van der Waals surface area (Å²) in [4.78, 5) is -0.0329. The summed E-state index contributed by atoms with van der Waals surface area (Å²) >= 11 is 0. The van der Waals surface area contributed by atoms with Crippen molar-refractivity contribution in [2.24, 2.45) is 0 Å². The summed E-state index contributed by atoms with van der Waals surface area (Å²) in [5, 5.41) is 11.4. The van der Waals surface area contributed by atoms with Crippen molar-refractivity contribution < 1.29 is 12.8 Å². The van der Waals surface area contributed by atoms with Crippen molar-refractivity contribution in [3.05, 3.63) is 66.2 Å². The molecular weight excluding hydrogens is 333 g/mol. The Morgan fingerprint density at radius 2 is 1.75 bits per heavy atom. The standard InChI is InChI=1S/C15H14FN5O2S/c1-11(18-24(22,23)14-9-7-12(16)8-10-14)15-17-19-20-21(15)13-5-3-2-4-6-13/h2-11,18H,1H3. The summed E-state index contributed by atoms with van der Waals surface area (Å²) in [6, 6.07) is 13.0. The molecule has 1 atom stereocenters. The molecule has 1 aromatic heterocycles. The maximum Gasteiger partial charge on any atom is 0.241 e. The highest BCUT2D eigenvalue weighted by Crippen LogP contribution is 2.17. The van der Waals surface area contributed by atoms with Crippen molar-refractivity contribution >= 4 is 10.0 Å². The summed E-state index contributed by atoms with van der Waals surface area (Å²) < 4.78 is 41.7. The normalized spacial score (nSPS) is 12.9. The minimum Gasteiger partial charge on any atom is -0.207 e. The number of tetrazole rings is 1. The Labute approximate surface area is 138 Å². The van der Waals surface area contributed by atoms with E-state index in [1.807, 2.05) is 18.2 Å². The molecule has 0 saturated carbocycles. The SMILES string of the molecule is CC(NS(=O)(=O)c1ccc(F)cc1)c1nnnn1-c1ccccc1. The molecule has 124 valence electrons. The quantitative estimate of drug-likeness (QED) is 0.761. The molecule has 1 unspecified atom stereocenters. The number of hydrogen-bond donors (Lipinski definition) is 1. The lowest BCUT2D eigenvalue weighted by Gasteiger charge is -2.14. The van der Waals surface area contributed by atoms with E-state index in [1.165, 1.54) is 16.8 Å². The second kappa shape index (κ2) is 6.46. The molecule has 1 heterocycles. The predicted octanol–water partition coefficient (Wildman–Crippen LogP) is 1.84. The molecule has 0 spiro atoms. The van der Waals surface area contributed by atoms with E-state index in [9.17, 15) is 12.8 Å². The van der Waals surface area contributed by atoms with E-state index in [-0.39, 0.29) is 4.90 Å². The Balaban J connectivity index is 1.87. The Morgan fingerprint density at radius 1 is 1.08 bits per heavy atom. The fourth-order valence-corrected chi connectivity index (χ4v) is 3.39. The van der Waals surface area contributed by atoms with Crippen LogP contribution in [0, 0.1) is 5.82 Å². The summed E-state index contributed by atoms with van der Waals surface area (Å²) in [7, 11) is -3.83. The molecule has 0 radical (unpaired) electrons. The zero-order valence-electron chi connectivity index (χ0n) is 12.7. The van der Waals surface area contributed by atoms with E-state index in [1.54, 1.807) is 19.1 Å². The third-order valence-electron chi connectivity index (χ3n) is 3.34. The van der Waals surface area contributed by atoms with Gasteiger partial charge in [0.25, 0.3) is 0 Å². The van der Waals surface area contributed by atoms with Gasteiger partial charge in [-0.3, -0.25) is 0 Å². The van der Waals surface area contributed by atoms with Gasteiger partial charge < -0.3 is 0 Å². The third kappa shape index (κ3) is 3.31. The van der Waals surface area contributed by atoms with Crippen LogP contribution in [0.25, 0.3) is 5.69 Å². The van der Waals surface area contributed by atoms with Crippen LogP contribution in [0.3, 0.4) is 0 Å². The van der Waals surface area contributed by atoms with Crippen LogP contribution in [0.2, 0.25) is 0 Å². The first-order chi connectivity index (χ1) is 11.5. The first-order valence-corrected chi connectivity index (χ1v) is 8.57. The third-order valence-corrected chi connectivity index (χ3v) is 4.89. The second-order valence-corrected chi connectivity index (χ2v) is 6.80. The molecule has 1 N–H and O–H groups in total. The van der Waals surface area contributed by atoms with Crippen molar-refractivity contribution in [1.29, 1.82) is 0 Å². The summed E-state index contributed by atoms with van der Waals surface area (Å²) in [5.41, 5.74) is 0.713. The van der Waals surface area contributed by atoms with E-state index in [2.05, 4.69) is 20.2 Å². The lowest BCUT2D eigenvalue weighted by atomic mass is 10.3. The first-order valence-electron chi connectivity index (χ1n) is 7.09. The zero-order chi connectivity index (χ0) is 17.2. The molecule has 0 bridgehead atoms. The molecule has 3 aromatic rings. The molecular formula is C15H14FN5O2S. The van der Waals surface area contributed by atoms with E-state index >= 15 is 0 Å². The van der Waals surface area contributed by atoms with E-state index in [0.29, 0.717) is 11.5 Å². The van der Waals surface area contributed by atoms with Crippen molar-refractivity contribution in [2.75, 3.05) is 0 Å². The number of aromatic nitrogens is 4. The molecule has 9 heteroatoms. The fourth-order valence-electron chi connectivity index (χ4n) is 2.18. The molecule has 3 rings (SSSR count). The molecule has 0 aliphatic rings. The second-order valence-electron chi connectivity index (χ2n) is 5.08. The van der Waals surface area contributed by atoms with Crippen molar-refractivity contribution in [2.45, 2.75) is 17.9 Å². The zero-order valence-corrected chi connectivity index (χ0v) is 13.5. The van der Waals surface area contributed by atoms with Gasteiger partial charge in [-0.05, 0) is 53.7 Å². The molecule has 0 aliphatic carbocycles. The van der Waals surface area contributed by atoms with Crippen molar-refractivity contribution in [3.8, 4) is 5.69 Å². The minimum absolute atomic E-state index is 0.0329. The van der Waals surface area contributed by atoms with Crippen LogP contribution in [0.4, 0.5) is 4.39 Å². The largest absolute Gasteiger partial charge is 0.241 e. The van der Waals surface area contributed by atoms with Gasteiger partial charge in [-0.1, -0.05) is 18.2 Å². The topological polar surface area (TPSA) is 89.8 Å². The number of nitrogens with one attached hydrogen (secondary N) is 1. The maximum atomic E-state index is 13.0. The minimum atomic E-state index is -3.83. The van der Waals surface area contributed by atoms with Crippen LogP contribution < -0.4 is 4.72 Å². The Bertz CT molecular complexity index is 926. The van der Waals surface area contributed by atoms with Gasteiger partial charge in [0.1, 0.15) is 5.82 Å². The van der Waals surface area contributed by atoms with Gasteiger partial charge in [0.15, 0.2) is 5.82 Å². The molecule has 0 saturated heterocycles. The van der Waals surface area contributed by atoms with Crippen molar-refractivity contribution in [1.82, 2.24) is 24.9 Å². The molecule has 0 fully saturated rings. The number of benzene rings is 2. The summed E-state index contributed by atoms with van der Waals surface area (Å²) in [6.45, 7) is 1.63.